The maximum atomic E-state index is 9.14. The molecule has 0 atom stereocenters. The summed E-state index contributed by atoms with van der Waals surface area (Å²) in [4.78, 5) is 8.79. The van der Waals surface area contributed by atoms with Crippen molar-refractivity contribution in [2.24, 2.45) is 5.16 Å². The highest BCUT2D eigenvalue weighted by Crippen LogP contribution is 2.39. The topological polar surface area (TPSA) is 83.5 Å². The lowest BCUT2D eigenvalue weighted by Crippen LogP contribution is -1.96. The molecule has 0 radical (unpaired) electrons. The first-order valence-corrected chi connectivity index (χ1v) is 9.15. The molecule has 0 amide bonds. The van der Waals surface area contributed by atoms with Gasteiger partial charge in [0.15, 0.2) is 11.3 Å². The smallest absolute Gasteiger partial charge is 0.177 e. The zero-order valence-electron chi connectivity index (χ0n) is 15.3. The molecule has 1 aliphatic carbocycles. The van der Waals surface area contributed by atoms with E-state index in [0.29, 0.717) is 11.3 Å². The Morgan fingerprint density at radius 1 is 1.14 bits per heavy atom. The molecule has 0 spiro atoms. The number of benzene rings is 1. The molecule has 0 bridgehead atoms. The molecule has 4 aromatic rings. The van der Waals surface area contributed by atoms with Gasteiger partial charge < -0.3 is 14.9 Å². The van der Waals surface area contributed by atoms with Crippen LogP contribution in [0, 0.1) is 6.92 Å². The van der Waals surface area contributed by atoms with Crippen LogP contribution in [0.5, 0.6) is 0 Å². The third kappa shape index (κ3) is 2.70. The van der Waals surface area contributed by atoms with Gasteiger partial charge >= 0.3 is 0 Å². The summed E-state index contributed by atoms with van der Waals surface area (Å²) in [5.74, 6) is 0.685. The summed E-state index contributed by atoms with van der Waals surface area (Å²) in [5, 5.41) is 17.0. The molecule has 0 aliphatic heterocycles. The fourth-order valence-corrected chi connectivity index (χ4v) is 3.72. The Balaban J connectivity index is 1.62. The number of furan rings is 1. The van der Waals surface area contributed by atoms with E-state index in [1.165, 1.54) is 5.56 Å². The third-order valence-corrected chi connectivity index (χ3v) is 5.05. The van der Waals surface area contributed by atoms with Crippen molar-refractivity contribution in [1.29, 1.82) is 0 Å². The highest BCUT2D eigenvalue weighted by Gasteiger charge is 2.21. The zero-order valence-corrected chi connectivity index (χ0v) is 15.3. The van der Waals surface area contributed by atoms with E-state index in [1.807, 2.05) is 43.3 Å². The molecule has 6 nitrogen and oxygen atoms in total. The number of fused-ring (bicyclic) bond motifs is 2. The molecule has 6 heteroatoms. The number of oxime groups is 1. The number of aryl methyl sites for hydroxylation is 2. The van der Waals surface area contributed by atoms with Crippen LogP contribution in [0.1, 0.15) is 23.2 Å². The largest absolute Gasteiger partial charge is 0.451 e. The molecule has 0 saturated carbocycles. The number of hydrogen-bond donors (Lipinski definition) is 2. The van der Waals surface area contributed by atoms with Crippen LogP contribution in [0.2, 0.25) is 0 Å². The van der Waals surface area contributed by atoms with Gasteiger partial charge in [-0.2, -0.15) is 0 Å². The van der Waals surface area contributed by atoms with Crippen molar-refractivity contribution >= 4 is 28.1 Å². The van der Waals surface area contributed by atoms with Crippen molar-refractivity contribution < 1.29 is 9.62 Å². The van der Waals surface area contributed by atoms with E-state index >= 15 is 0 Å². The van der Waals surface area contributed by atoms with Crippen LogP contribution >= 0.6 is 0 Å². The van der Waals surface area contributed by atoms with Gasteiger partial charge in [0, 0.05) is 28.5 Å². The van der Waals surface area contributed by atoms with Gasteiger partial charge in [-0.05, 0) is 55.7 Å². The minimum Gasteiger partial charge on any atom is -0.451 e. The Hall–Kier alpha value is -3.67. The molecule has 3 aromatic heterocycles. The molecule has 1 aliphatic rings. The van der Waals surface area contributed by atoms with Gasteiger partial charge in [-0.15, -0.1) is 0 Å². The fraction of sp³-hybridized carbons (Fsp3) is 0.136. The standard InChI is InChI=1S/C22H18N4O2/c1-13-3-2-4-19(24-13)22-21(17-9-10-23-12-20(17)28-22)25-15-6-7-16-14(11-15)5-8-18(16)26-27/h2-4,6-7,9-12,25,27H,5,8H2,1H3. The predicted octanol–water partition coefficient (Wildman–Crippen LogP) is 5.07. The molecule has 28 heavy (non-hydrogen) atoms. The van der Waals surface area contributed by atoms with Crippen LogP contribution in [-0.2, 0) is 6.42 Å². The second-order valence-electron chi connectivity index (χ2n) is 6.89. The lowest BCUT2D eigenvalue weighted by molar-refractivity contribution is 0.318. The van der Waals surface area contributed by atoms with Crippen molar-refractivity contribution in [2.45, 2.75) is 19.8 Å². The first-order valence-electron chi connectivity index (χ1n) is 9.15. The van der Waals surface area contributed by atoms with Gasteiger partial charge in [0.2, 0.25) is 0 Å². The first-order chi connectivity index (χ1) is 13.7. The molecular formula is C22H18N4O2. The number of anilines is 2. The van der Waals surface area contributed by atoms with Crippen LogP contribution in [0.25, 0.3) is 22.4 Å². The van der Waals surface area contributed by atoms with Crippen LogP contribution in [0.3, 0.4) is 0 Å². The van der Waals surface area contributed by atoms with Gasteiger partial charge in [-0.25, -0.2) is 4.98 Å². The number of hydrogen-bond acceptors (Lipinski definition) is 6. The minimum absolute atomic E-state index is 0.685. The van der Waals surface area contributed by atoms with Gasteiger partial charge in [-0.1, -0.05) is 17.3 Å². The minimum atomic E-state index is 0.685. The summed E-state index contributed by atoms with van der Waals surface area (Å²) in [7, 11) is 0. The molecule has 0 unspecified atom stereocenters. The summed E-state index contributed by atoms with van der Waals surface area (Å²) in [6.07, 6.45) is 5.09. The van der Waals surface area contributed by atoms with Crippen LogP contribution < -0.4 is 5.32 Å². The second-order valence-corrected chi connectivity index (χ2v) is 6.89. The normalized spacial score (nSPS) is 14.5. The Morgan fingerprint density at radius 3 is 2.93 bits per heavy atom. The molecule has 0 saturated heterocycles. The highest BCUT2D eigenvalue weighted by molar-refractivity contribution is 6.05. The number of rotatable bonds is 3. The quantitative estimate of drug-likeness (QED) is 0.389. The summed E-state index contributed by atoms with van der Waals surface area (Å²) in [5.41, 5.74) is 7.14. The van der Waals surface area contributed by atoms with Crippen molar-refractivity contribution in [3.63, 3.8) is 0 Å². The van der Waals surface area contributed by atoms with E-state index in [4.69, 9.17) is 9.62 Å². The average Bonchev–Trinajstić information content (AvgIpc) is 3.29. The van der Waals surface area contributed by atoms with Crippen LogP contribution in [0.15, 0.2) is 64.4 Å². The number of pyridine rings is 2. The summed E-state index contributed by atoms with van der Waals surface area (Å²) in [6.45, 7) is 1.96. The predicted molar refractivity (Wildman–Crippen MR) is 108 cm³/mol. The Kier molecular flexibility index (Phi) is 3.83. The van der Waals surface area contributed by atoms with Crippen molar-refractivity contribution in [2.75, 3.05) is 5.32 Å². The lowest BCUT2D eigenvalue weighted by Gasteiger charge is -2.09. The Labute approximate surface area is 161 Å². The monoisotopic (exact) mass is 370 g/mol. The second kappa shape index (κ2) is 6.49. The number of aromatic nitrogens is 2. The van der Waals surface area contributed by atoms with Gasteiger partial charge in [-0.3, -0.25) is 4.98 Å². The summed E-state index contributed by atoms with van der Waals surface area (Å²) in [6, 6.07) is 13.9. The SMILES string of the molecule is Cc1cccc(-c2oc3cnccc3c2Nc2ccc3c(c2)CCC3=NO)n1. The molecule has 5 rings (SSSR count). The molecule has 3 heterocycles. The Morgan fingerprint density at radius 2 is 2.07 bits per heavy atom. The lowest BCUT2D eigenvalue weighted by atomic mass is 10.1. The van der Waals surface area contributed by atoms with E-state index in [0.717, 1.165) is 52.3 Å². The fourth-order valence-electron chi connectivity index (χ4n) is 3.72. The summed E-state index contributed by atoms with van der Waals surface area (Å²) < 4.78 is 6.10. The van der Waals surface area contributed by atoms with E-state index in [1.54, 1.807) is 12.4 Å². The highest BCUT2D eigenvalue weighted by atomic mass is 16.4. The van der Waals surface area contributed by atoms with Crippen molar-refractivity contribution in [3.8, 4) is 11.5 Å². The average molecular weight is 370 g/mol. The van der Waals surface area contributed by atoms with Crippen LogP contribution in [-0.4, -0.2) is 20.9 Å². The number of nitrogens with zero attached hydrogens (tertiary/aromatic N) is 3. The summed E-state index contributed by atoms with van der Waals surface area (Å²) >= 11 is 0. The van der Waals surface area contributed by atoms with E-state index in [9.17, 15) is 0 Å². The van der Waals surface area contributed by atoms with Crippen LogP contribution in [0.4, 0.5) is 11.4 Å². The molecule has 138 valence electrons. The molecule has 0 fully saturated rings. The van der Waals surface area contributed by atoms with E-state index < -0.39 is 0 Å². The first kappa shape index (κ1) is 16.5. The molecular weight excluding hydrogens is 352 g/mol. The molecule has 1 aromatic carbocycles. The van der Waals surface area contributed by atoms with E-state index in [-0.39, 0.29) is 0 Å². The number of nitrogens with one attached hydrogen (secondary N) is 1. The van der Waals surface area contributed by atoms with Gasteiger partial charge in [0.25, 0.3) is 0 Å². The van der Waals surface area contributed by atoms with E-state index in [2.05, 4.69) is 26.5 Å². The third-order valence-electron chi connectivity index (χ3n) is 5.05. The molecule has 2 N–H and O–H groups in total. The zero-order chi connectivity index (χ0) is 19.1. The van der Waals surface area contributed by atoms with Gasteiger partial charge in [0.05, 0.1) is 17.6 Å². The van der Waals surface area contributed by atoms with Crippen molar-refractivity contribution in [1.82, 2.24) is 9.97 Å². The van der Waals surface area contributed by atoms with Gasteiger partial charge in [0.1, 0.15) is 5.69 Å². The maximum Gasteiger partial charge on any atom is 0.177 e. The Bertz CT molecular complexity index is 1230. The van der Waals surface area contributed by atoms with Crippen molar-refractivity contribution in [3.05, 3.63) is 71.7 Å². The maximum absolute atomic E-state index is 9.14.